The van der Waals surface area contributed by atoms with Crippen molar-refractivity contribution in [2.24, 2.45) is 5.14 Å². The van der Waals surface area contributed by atoms with Crippen molar-refractivity contribution in [1.82, 2.24) is 5.32 Å². The van der Waals surface area contributed by atoms with Gasteiger partial charge in [-0.05, 0) is 48.2 Å². The first-order valence-electron chi connectivity index (χ1n) is 8.09. The summed E-state index contributed by atoms with van der Waals surface area (Å²) >= 11 is 0. The second-order valence-corrected chi connectivity index (χ2v) is 7.26. The predicted molar refractivity (Wildman–Crippen MR) is 99.0 cm³/mol. The molecule has 0 bridgehead atoms. The molecular formula is C18H21N3O4S. The lowest BCUT2D eigenvalue weighted by Crippen LogP contribution is -2.36. The van der Waals surface area contributed by atoms with Crippen LogP contribution < -0.4 is 15.8 Å². The number of benzene rings is 2. The van der Waals surface area contributed by atoms with E-state index in [1.165, 1.54) is 12.1 Å². The van der Waals surface area contributed by atoms with E-state index in [9.17, 15) is 18.0 Å². The third-order valence-corrected chi connectivity index (χ3v) is 4.71. The molecule has 2 aromatic rings. The molecule has 2 rings (SSSR count). The second kappa shape index (κ2) is 8.59. The number of nitrogens with one attached hydrogen (secondary N) is 2. The van der Waals surface area contributed by atoms with Crippen molar-refractivity contribution in [3.63, 3.8) is 0 Å². The summed E-state index contributed by atoms with van der Waals surface area (Å²) in [6.45, 7) is 2.28. The van der Waals surface area contributed by atoms with Crippen molar-refractivity contribution < 1.29 is 18.0 Å². The Kier molecular flexibility index (Phi) is 6.48. The number of amides is 2. The molecule has 0 unspecified atom stereocenters. The summed E-state index contributed by atoms with van der Waals surface area (Å²) < 4.78 is 22.4. The molecule has 0 aliphatic carbocycles. The van der Waals surface area contributed by atoms with Crippen LogP contribution in [-0.4, -0.2) is 26.8 Å². The summed E-state index contributed by atoms with van der Waals surface area (Å²) in [5.41, 5.74) is 2.51. The fourth-order valence-electron chi connectivity index (χ4n) is 2.26. The zero-order chi connectivity index (χ0) is 19.2. The van der Waals surface area contributed by atoms with E-state index in [1.54, 1.807) is 24.3 Å². The predicted octanol–water partition coefficient (Wildman–Crippen LogP) is 1.19. The lowest BCUT2D eigenvalue weighted by molar-refractivity contribution is -0.136. The number of nitrogens with two attached hydrogens (primary N) is 1. The molecule has 8 heteroatoms. The van der Waals surface area contributed by atoms with Gasteiger partial charge >= 0.3 is 11.8 Å². The number of sulfonamides is 1. The molecule has 2 amide bonds. The molecule has 0 fully saturated rings. The molecule has 0 atom stereocenters. The molecule has 0 aliphatic rings. The van der Waals surface area contributed by atoms with Gasteiger partial charge in [0.1, 0.15) is 0 Å². The van der Waals surface area contributed by atoms with Crippen LogP contribution in [0.3, 0.4) is 0 Å². The van der Waals surface area contributed by atoms with Crippen LogP contribution >= 0.6 is 0 Å². The second-order valence-electron chi connectivity index (χ2n) is 5.70. The van der Waals surface area contributed by atoms with Crippen molar-refractivity contribution in [2.75, 3.05) is 11.9 Å². The SMILES string of the molecule is CCc1ccc(NC(=O)C(=O)NCCc2ccc(S(N)(=O)=O)cc2)cc1. The molecule has 0 radical (unpaired) electrons. The Hall–Kier alpha value is -2.71. The molecule has 4 N–H and O–H groups in total. The van der Waals surface area contributed by atoms with Crippen LogP contribution in [0.15, 0.2) is 53.4 Å². The maximum absolute atomic E-state index is 11.9. The van der Waals surface area contributed by atoms with Gasteiger partial charge in [-0.15, -0.1) is 0 Å². The van der Waals surface area contributed by atoms with Crippen LogP contribution in [-0.2, 0) is 32.5 Å². The molecular weight excluding hydrogens is 354 g/mol. The molecule has 0 saturated heterocycles. The van der Waals surface area contributed by atoms with Gasteiger partial charge in [0.05, 0.1) is 4.90 Å². The van der Waals surface area contributed by atoms with E-state index in [1.807, 2.05) is 19.1 Å². The zero-order valence-corrected chi connectivity index (χ0v) is 15.2. The first-order chi connectivity index (χ1) is 12.3. The Balaban J connectivity index is 1.81. The molecule has 0 heterocycles. The highest BCUT2D eigenvalue weighted by Crippen LogP contribution is 2.10. The fourth-order valence-corrected chi connectivity index (χ4v) is 2.77. The summed E-state index contributed by atoms with van der Waals surface area (Å²) in [6.07, 6.45) is 1.35. The van der Waals surface area contributed by atoms with Crippen molar-refractivity contribution in [3.05, 3.63) is 59.7 Å². The van der Waals surface area contributed by atoms with Crippen molar-refractivity contribution >= 4 is 27.5 Å². The normalized spacial score (nSPS) is 11.0. The summed E-state index contributed by atoms with van der Waals surface area (Å²) in [5.74, 6) is -1.47. The number of aryl methyl sites for hydroxylation is 1. The van der Waals surface area contributed by atoms with Gasteiger partial charge in [0.2, 0.25) is 10.0 Å². The van der Waals surface area contributed by atoms with Crippen molar-refractivity contribution in [1.29, 1.82) is 0 Å². The fraction of sp³-hybridized carbons (Fsp3) is 0.222. The topological polar surface area (TPSA) is 118 Å². The third-order valence-electron chi connectivity index (χ3n) is 3.78. The highest BCUT2D eigenvalue weighted by Gasteiger charge is 2.13. The van der Waals surface area contributed by atoms with E-state index < -0.39 is 21.8 Å². The highest BCUT2D eigenvalue weighted by atomic mass is 32.2. The number of primary sulfonamides is 1. The van der Waals surface area contributed by atoms with E-state index in [4.69, 9.17) is 5.14 Å². The molecule has 0 saturated carbocycles. The first-order valence-corrected chi connectivity index (χ1v) is 9.64. The van der Waals surface area contributed by atoms with Crippen LogP contribution in [0.1, 0.15) is 18.1 Å². The summed E-state index contributed by atoms with van der Waals surface area (Å²) in [7, 11) is -3.72. The van der Waals surface area contributed by atoms with Crippen molar-refractivity contribution in [2.45, 2.75) is 24.7 Å². The quantitative estimate of drug-likeness (QED) is 0.657. The van der Waals surface area contributed by atoms with Gasteiger partial charge in [0.25, 0.3) is 0 Å². The molecule has 138 valence electrons. The van der Waals surface area contributed by atoms with Gasteiger partial charge in [-0.25, -0.2) is 13.6 Å². The standard InChI is InChI=1S/C18H21N3O4S/c1-2-13-3-7-15(8-4-13)21-18(23)17(22)20-12-11-14-5-9-16(10-6-14)26(19,24)25/h3-10H,2,11-12H2,1H3,(H,20,22)(H,21,23)(H2,19,24,25). The minimum atomic E-state index is -3.72. The van der Waals surface area contributed by atoms with Crippen molar-refractivity contribution in [3.8, 4) is 0 Å². The average Bonchev–Trinajstić information content (AvgIpc) is 2.62. The molecule has 0 aliphatic heterocycles. The lowest BCUT2D eigenvalue weighted by atomic mass is 10.1. The Morgan fingerprint density at radius 3 is 2.04 bits per heavy atom. The monoisotopic (exact) mass is 375 g/mol. The molecule has 0 spiro atoms. The maximum Gasteiger partial charge on any atom is 0.313 e. The maximum atomic E-state index is 11.9. The Morgan fingerprint density at radius 1 is 0.923 bits per heavy atom. The third kappa shape index (κ3) is 5.68. The van der Waals surface area contributed by atoms with Gasteiger partial charge in [-0.1, -0.05) is 31.2 Å². The van der Waals surface area contributed by atoms with E-state index in [0.29, 0.717) is 12.1 Å². The molecule has 2 aromatic carbocycles. The van der Waals surface area contributed by atoms with Gasteiger partial charge in [0.15, 0.2) is 0 Å². The number of carbonyl (C=O) groups excluding carboxylic acids is 2. The minimum Gasteiger partial charge on any atom is -0.347 e. The van der Waals surface area contributed by atoms with Gasteiger partial charge in [0, 0.05) is 12.2 Å². The largest absolute Gasteiger partial charge is 0.347 e. The van der Waals surface area contributed by atoms with Gasteiger partial charge < -0.3 is 10.6 Å². The van der Waals surface area contributed by atoms with E-state index in [0.717, 1.165) is 17.5 Å². The van der Waals surface area contributed by atoms with E-state index in [2.05, 4.69) is 10.6 Å². The number of anilines is 1. The Labute approximate surface area is 152 Å². The summed E-state index contributed by atoms with van der Waals surface area (Å²) in [5, 5.41) is 10.1. The summed E-state index contributed by atoms with van der Waals surface area (Å²) in [4.78, 5) is 23.7. The number of hydrogen-bond acceptors (Lipinski definition) is 4. The molecule has 26 heavy (non-hydrogen) atoms. The smallest absolute Gasteiger partial charge is 0.313 e. The van der Waals surface area contributed by atoms with Gasteiger partial charge in [-0.3, -0.25) is 9.59 Å². The van der Waals surface area contributed by atoms with Crippen LogP contribution in [0.4, 0.5) is 5.69 Å². The Bertz CT molecular complexity index is 876. The highest BCUT2D eigenvalue weighted by molar-refractivity contribution is 7.89. The van der Waals surface area contributed by atoms with Crippen LogP contribution in [0.5, 0.6) is 0 Å². The minimum absolute atomic E-state index is 0.0266. The van der Waals surface area contributed by atoms with Crippen LogP contribution in [0, 0.1) is 0 Å². The number of rotatable bonds is 6. The van der Waals surface area contributed by atoms with Crippen LogP contribution in [0.2, 0.25) is 0 Å². The number of hydrogen-bond donors (Lipinski definition) is 3. The number of carbonyl (C=O) groups is 2. The summed E-state index contributed by atoms with van der Waals surface area (Å²) in [6, 6.07) is 13.3. The zero-order valence-electron chi connectivity index (χ0n) is 14.4. The van der Waals surface area contributed by atoms with E-state index in [-0.39, 0.29) is 11.4 Å². The van der Waals surface area contributed by atoms with E-state index >= 15 is 0 Å². The van der Waals surface area contributed by atoms with Gasteiger partial charge in [-0.2, -0.15) is 0 Å². The Morgan fingerprint density at radius 2 is 1.50 bits per heavy atom. The first kappa shape index (κ1) is 19.6. The lowest BCUT2D eigenvalue weighted by Gasteiger charge is -2.07. The molecule has 0 aromatic heterocycles. The average molecular weight is 375 g/mol. The molecule has 7 nitrogen and oxygen atoms in total. The van der Waals surface area contributed by atoms with Crippen LogP contribution in [0.25, 0.3) is 0 Å².